The first kappa shape index (κ1) is 15.8. The molecule has 0 aliphatic rings. The average Bonchev–Trinajstić information content (AvgIpc) is 2.45. The number of hydrogen-bond donors (Lipinski definition) is 1. The van der Waals surface area contributed by atoms with E-state index in [9.17, 15) is 9.18 Å². The maximum Gasteiger partial charge on any atom is 0.220 e. The van der Waals surface area contributed by atoms with Crippen LogP contribution in [0.4, 0.5) is 4.39 Å². The molecule has 0 aliphatic carbocycles. The largest absolute Gasteiger partial charge is 0.352 e. The number of nitrogens with one attached hydrogen (secondary N) is 1. The molecular weight excluding hydrogens is 312 g/mol. The fourth-order valence-corrected chi connectivity index (χ4v) is 2.37. The maximum atomic E-state index is 13.4. The average molecular weight is 326 g/mol. The zero-order valence-corrected chi connectivity index (χ0v) is 12.7. The molecule has 0 bridgehead atoms. The molecule has 0 saturated carbocycles. The number of carbonyl (C=O) groups excluding carboxylic acids is 1. The Labute approximate surface area is 132 Å². The number of hydrogen-bond acceptors (Lipinski definition) is 1. The third kappa shape index (κ3) is 4.73. The quantitative estimate of drug-likeness (QED) is 0.868. The second-order valence-electron chi connectivity index (χ2n) is 4.60. The molecule has 2 rings (SSSR count). The van der Waals surface area contributed by atoms with E-state index in [1.54, 1.807) is 36.4 Å². The third-order valence-corrected chi connectivity index (χ3v) is 3.66. The van der Waals surface area contributed by atoms with E-state index in [4.69, 9.17) is 23.2 Å². The first-order valence-electron chi connectivity index (χ1n) is 6.50. The van der Waals surface area contributed by atoms with Gasteiger partial charge in [0.15, 0.2) is 0 Å². The van der Waals surface area contributed by atoms with Gasteiger partial charge in [0.1, 0.15) is 5.82 Å². The molecule has 2 aromatic rings. The lowest BCUT2D eigenvalue weighted by molar-refractivity contribution is -0.121. The number of rotatable bonds is 5. The lowest BCUT2D eigenvalue weighted by Crippen LogP contribution is -2.23. The Balaban J connectivity index is 1.84. The summed E-state index contributed by atoms with van der Waals surface area (Å²) in [4.78, 5) is 11.8. The number of aryl methyl sites for hydroxylation is 1. The molecule has 0 radical (unpaired) electrons. The summed E-state index contributed by atoms with van der Waals surface area (Å²) in [7, 11) is 0. The van der Waals surface area contributed by atoms with Crippen molar-refractivity contribution in [1.82, 2.24) is 5.32 Å². The number of halogens is 3. The molecule has 21 heavy (non-hydrogen) atoms. The summed E-state index contributed by atoms with van der Waals surface area (Å²) in [5.41, 5.74) is 1.33. The van der Waals surface area contributed by atoms with Gasteiger partial charge in [0.05, 0.1) is 0 Å². The summed E-state index contributed by atoms with van der Waals surface area (Å²) in [6, 6.07) is 11.6. The Hall–Kier alpha value is -1.58. The van der Waals surface area contributed by atoms with Crippen molar-refractivity contribution in [2.75, 3.05) is 0 Å². The predicted molar refractivity (Wildman–Crippen MR) is 83.0 cm³/mol. The normalized spacial score (nSPS) is 10.4. The summed E-state index contributed by atoms with van der Waals surface area (Å²) < 4.78 is 13.4. The van der Waals surface area contributed by atoms with Crippen molar-refractivity contribution in [3.8, 4) is 0 Å². The minimum absolute atomic E-state index is 0.149. The van der Waals surface area contributed by atoms with Gasteiger partial charge in [-0.05, 0) is 35.7 Å². The second kappa shape index (κ2) is 7.43. The van der Waals surface area contributed by atoms with Crippen LogP contribution in [0.5, 0.6) is 0 Å². The monoisotopic (exact) mass is 325 g/mol. The fraction of sp³-hybridized carbons (Fsp3) is 0.188. The summed E-state index contributed by atoms with van der Waals surface area (Å²) in [6.45, 7) is 0.326. The van der Waals surface area contributed by atoms with Crippen LogP contribution >= 0.6 is 23.2 Å². The molecule has 0 heterocycles. The van der Waals surface area contributed by atoms with Crippen LogP contribution < -0.4 is 5.32 Å². The van der Waals surface area contributed by atoms with Crippen molar-refractivity contribution in [1.29, 1.82) is 0 Å². The van der Waals surface area contributed by atoms with Crippen molar-refractivity contribution >= 4 is 29.1 Å². The van der Waals surface area contributed by atoms with Gasteiger partial charge >= 0.3 is 0 Å². The highest BCUT2D eigenvalue weighted by atomic mass is 35.5. The van der Waals surface area contributed by atoms with Gasteiger partial charge in [-0.1, -0.05) is 47.5 Å². The molecular formula is C16H14Cl2FNO. The van der Waals surface area contributed by atoms with Gasteiger partial charge in [-0.2, -0.15) is 0 Å². The highest BCUT2D eigenvalue weighted by Gasteiger charge is 2.07. The lowest BCUT2D eigenvalue weighted by Gasteiger charge is -2.08. The summed E-state index contributed by atoms with van der Waals surface area (Å²) in [6.07, 6.45) is 0.596. The van der Waals surface area contributed by atoms with E-state index in [1.807, 2.05) is 0 Å². The van der Waals surface area contributed by atoms with E-state index in [0.29, 0.717) is 28.6 Å². The molecule has 0 aromatic heterocycles. The molecule has 5 heteroatoms. The molecule has 0 fully saturated rings. The Kier molecular flexibility index (Phi) is 5.59. The molecule has 0 spiro atoms. The van der Waals surface area contributed by atoms with Crippen molar-refractivity contribution < 1.29 is 9.18 Å². The van der Waals surface area contributed by atoms with Crippen molar-refractivity contribution in [3.63, 3.8) is 0 Å². The SMILES string of the molecule is O=C(CCc1ccccc1F)NCc1ccc(Cl)cc1Cl. The standard InChI is InChI=1S/C16H14Cl2FNO/c17-13-7-5-12(14(18)9-13)10-20-16(21)8-6-11-3-1-2-4-15(11)19/h1-5,7,9H,6,8,10H2,(H,20,21). The molecule has 0 atom stereocenters. The number of carbonyl (C=O) groups is 1. The Morgan fingerprint density at radius 2 is 1.86 bits per heavy atom. The van der Waals surface area contributed by atoms with Gasteiger partial charge in [-0.15, -0.1) is 0 Å². The Bertz CT molecular complexity index is 646. The van der Waals surface area contributed by atoms with E-state index < -0.39 is 0 Å². The highest BCUT2D eigenvalue weighted by Crippen LogP contribution is 2.20. The minimum Gasteiger partial charge on any atom is -0.352 e. The van der Waals surface area contributed by atoms with Crippen LogP contribution in [0.3, 0.4) is 0 Å². The van der Waals surface area contributed by atoms with E-state index >= 15 is 0 Å². The van der Waals surface area contributed by atoms with Crippen LogP contribution in [-0.2, 0) is 17.8 Å². The van der Waals surface area contributed by atoms with Crippen molar-refractivity contribution in [2.45, 2.75) is 19.4 Å². The summed E-state index contributed by atoms with van der Waals surface area (Å²) >= 11 is 11.8. The molecule has 110 valence electrons. The highest BCUT2D eigenvalue weighted by molar-refractivity contribution is 6.35. The summed E-state index contributed by atoms with van der Waals surface area (Å²) in [5, 5.41) is 3.82. The van der Waals surface area contributed by atoms with E-state index in [2.05, 4.69) is 5.32 Å². The second-order valence-corrected chi connectivity index (χ2v) is 5.45. The first-order valence-corrected chi connectivity index (χ1v) is 7.26. The van der Waals surface area contributed by atoms with Crippen LogP contribution in [0.2, 0.25) is 10.0 Å². The van der Waals surface area contributed by atoms with Gasteiger partial charge in [-0.3, -0.25) is 4.79 Å². The fourth-order valence-electron chi connectivity index (χ4n) is 1.90. The number of amides is 1. The predicted octanol–water partition coefficient (Wildman–Crippen LogP) is 4.38. The molecule has 0 saturated heterocycles. The van der Waals surface area contributed by atoms with Crippen molar-refractivity contribution in [3.05, 3.63) is 69.5 Å². The van der Waals surface area contributed by atoms with Gasteiger partial charge < -0.3 is 5.32 Å². The van der Waals surface area contributed by atoms with Gasteiger partial charge in [0, 0.05) is 23.0 Å². The molecule has 1 N–H and O–H groups in total. The topological polar surface area (TPSA) is 29.1 Å². The molecule has 0 unspecified atom stereocenters. The van der Waals surface area contributed by atoms with Crippen LogP contribution in [0.15, 0.2) is 42.5 Å². The van der Waals surface area contributed by atoms with Crippen LogP contribution in [0, 0.1) is 5.82 Å². The maximum absolute atomic E-state index is 13.4. The lowest BCUT2D eigenvalue weighted by atomic mass is 10.1. The molecule has 2 nitrogen and oxygen atoms in total. The van der Waals surface area contributed by atoms with Crippen LogP contribution in [0.1, 0.15) is 17.5 Å². The van der Waals surface area contributed by atoms with Crippen LogP contribution in [0.25, 0.3) is 0 Å². The van der Waals surface area contributed by atoms with Crippen LogP contribution in [-0.4, -0.2) is 5.91 Å². The van der Waals surface area contributed by atoms with Gasteiger partial charge in [0.2, 0.25) is 5.91 Å². The van der Waals surface area contributed by atoms with Gasteiger partial charge in [0.25, 0.3) is 0 Å². The molecule has 2 aromatic carbocycles. The van der Waals surface area contributed by atoms with E-state index in [1.165, 1.54) is 6.07 Å². The minimum atomic E-state index is -0.286. The number of benzene rings is 2. The summed E-state index contributed by atoms with van der Waals surface area (Å²) in [5.74, 6) is -0.435. The van der Waals surface area contributed by atoms with Gasteiger partial charge in [-0.25, -0.2) is 4.39 Å². The molecule has 1 amide bonds. The Morgan fingerprint density at radius 3 is 2.57 bits per heavy atom. The smallest absolute Gasteiger partial charge is 0.220 e. The first-order chi connectivity index (χ1) is 10.1. The zero-order valence-electron chi connectivity index (χ0n) is 11.2. The zero-order chi connectivity index (χ0) is 15.2. The van der Waals surface area contributed by atoms with E-state index in [-0.39, 0.29) is 18.1 Å². The van der Waals surface area contributed by atoms with E-state index in [0.717, 1.165) is 5.56 Å². The van der Waals surface area contributed by atoms with Crippen molar-refractivity contribution in [2.24, 2.45) is 0 Å². The third-order valence-electron chi connectivity index (χ3n) is 3.07. The molecule has 0 aliphatic heterocycles. The Morgan fingerprint density at radius 1 is 1.10 bits per heavy atom.